The van der Waals surface area contributed by atoms with E-state index in [1.807, 2.05) is 0 Å². The van der Waals surface area contributed by atoms with Crippen LogP contribution in [0.15, 0.2) is 91.0 Å². The molecule has 0 bridgehead atoms. The Hall–Kier alpha value is -1.62. The molecule has 0 spiro atoms. The molecular weight excluding hydrogens is 307 g/mol. The molecule has 0 aliphatic carbocycles. The van der Waals surface area contributed by atoms with E-state index in [2.05, 4.69) is 100 Å². The molecule has 3 aromatic rings. The van der Waals surface area contributed by atoms with E-state index in [1.54, 1.807) is 0 Å². The Morgan fingerprint density at radius 3 is 1.36 bits per heavy atom. The summed E-state index contributed by atoms with van der Waals surface area (Å²) in [7, 11) is 3.09. The summed E-state index contributed by atoms with van der Waals surface area (Å²) in [6.45, 7) is 0. The molecule has 0 saturated carbocycles. The molecule has 22 heavy (non-hydrogen) atoms. The number of hydrogen-bond donors (Lipinski definition) is 0. The molecule has 0 nitrogen and oxygen atoms in total. The molecule has 0 aromatic heterocycles. The minimum absolute atomic E-state index is 0. The van der Waals surface area contributed by atoms with E-state index in [0.717, 1.165) is 6.42 Å². The van der Waals surface area contributed by atoms with Gasteiger partial charge in [0.15, 0.2) is 0 Å². The maximum atomic E-state index is 3.09. The van der Waals surface area contributed by atoms with Crippen LogP contribution in [0.1, 0.15) is 16.7 Å². The topological polar surface area (TPSA) is 0 Å². The predicted molar refractivity (Wildman–Crippen MR) is 101 cm³/mol. The molecule has 0 aliphatic heterocycles. The predicted octanol–water partition coefficient (Wildman–Crippen LogP) is 5.47. The van der Waals surface area contributed by atoms with Crippen molar-refractivity contribution in [2.45, 2.75) is 11.6 Å². The van der Waals surface area contributed by atoms with Gasteiger partial charge in [0.1, 0.15) is 0 Å². The minimum atomic E-state index is -0.0934. The molecule has 0 radical (unpaired) electrons. The van der Waals surface area contributed by atoms with Crippen LogP contribution in [-0.4, -0.2) is 0 Å². The summed E-state index contributed by atoms with van der Waals surface area (Å²) in [5.41, 5.74) is 4.00. The number of halogens is 1. The standard InChI is InChI=1S/C20H19P.ClH/c21-20(18-12-6-2-7-13-18,19-14-8-3-9-15-19)16-17-10-4-1-5-11-17;/h1-15H,16,21H2;1H. The molecule has 0 saturated heterocycles. The lowest BCUT2D eigenvalue weighted by Gasteiger charge is -2.31. The summed E-state index contributed by atoms with van der Waals surface area (Å²) < 4.78 is 0. The van der Waals surface area contributed by atoms with Crippen LogP contribution in [0.4, 0.5) is 0 Å². The number of benzene rings is 3. The highest BCUT2D eigenvalue weighted by Gasteiger charge is 2.29. The molecule has 0 N–H and O–H groups in total. The molecule has 112 valence electrons. The maximum absolute atomic E-state index is 3.09. The summed E-state index contributed by atoms with van der Waals surface area (Å²) in [6.07, 6.45) is 0.965. The van der Waals surface area contributed by atoms with Gasteiger partial charge in [0.2, 0.25) is 0 Å². The van der Waals surface area contributed by atoms with Crippen LogP contribution in [-0.2, 0) is 11.6 Å². The first-order chi connectivity index (χ1) is 10.3. The van der Waals surface area contributed by atoms with E-state index in [0.29, 0.717) is 0 Å². The van der Waals surface area contributed by atoms with E-state index in [1.165, 1.54) is 16.7 Å². The van der Waals surface area contributed by atoms with Gasteiger partial charge in [-0.15, -0.1) is 21.6 Å². The number of hydrogen-bond acceptors (Lipinski definition) is 0. The zero-order valence-electron chi connectivity index (χ0n) is 12.4. The van der Waals surface area contributed by atoms with Gasteiger partial charge in [-0.05, 0) is 23.1 Å². The summed E-state index contributed by atoms with van der Waals surface area (Å²) >= 11 is 0. The Balaban J connectivity index is 0.00000176. The molecule has 3 rings (SSSR count). The van der Waals surface area contributed by atoms with Crippen molar-refractivity contribution in [3.63, 3.8) is 0 Å². The highest BCUT2D eigenvalue weighted by atomic mass is 35.5. The highest BCUT2D eigenvalue weighted by molar-refractivity contribution is 7.19. The Morgan fingerprint density at radius 2 is 0.955 bits per heavy atom. The minimum Gasteiger partial charge on any atom is -0.147 e. The van der Waals surface area contributed by atoms with Crippen LogP contribution < -0.4 is 0 Å². The number of rotatable bonds is 4. The lowest BCUT2D eigenvalue weighted by Crippen LogP contribution is -2.22. The van der Waals surface area contributed by atoms with Crippen LogP contribution >= 0.6 is 21.6 Å². The smallest absolute Gasteiger partial charge is 0.0384 e. The fourth-order valence-corrected chi connectivity index (χ4v) is 3.38. The Labute approximate surface area is 141 Å². The Kier molecular flexibility index (Phi) is 5.77. The van der Waals surface area contributed by atoms with Crippen molar-refractivity contribution < 1.29 is 0 Å². The second-order valence-corrected chi connectivity index (χ2v) is 6.35. The lowest BCUT2D eigenvalue weighted by atomic mass is 9.85. The molecule has 0 fully saturated rings. The zero-order chi connectivity index (χ0) is 14.5. The third kappa shape index (κ3) is 3.58. The van der Waals surface area contributed by atoms with E-state index < -0.39 is 0 Å². The molecule has 1 atom stereocenters. The van der Waals surface area contributed by atoms with Crippen LogP contribution in [0.2, 0.25) is 0 Å². The average molecular weight is 327 g/mol. The summed E-state index contributed by atoms with van der Waals surface area (Å²) in [5.74, 6) is 0. The monoisotopic (exact) mass is 326 g/mol. The normalized spacial score (nSPS) is 10.8. The molecule has 3 aromatic carbocycles. The molecule has 0 aliphatic rings. The van der Waals surface area contributed by atoms with Gasteiger partial charge < -0.3 is 0 Å². The summed E-state index contributed by atoms with van der Waals surface area (Å²) in [4.78, 5) is 0. The van der Waals surface area contributed by atoms with Gasteiger partial charge >= 0.3 is 0 Å². The average Bonchev–Trinajstić information content (AvgIpc) is 2.57. The first-order valence-electron chi connectivity index (χ1n) is 7.23. The highest BCUT2D eigenvalue weighted by Crippen LogP contribution is 2.41. The van der Waals surface area contributed by atoms with Crippen LogP contribution in [0, 0.1) is 0 Å². The van der Waals surface area contributed by atoms with E-state index in [-0.39, 0.29) is 17.6 Å². The van der Waals surface area contributed by atoms with Gasteiger partial charge in [0.05, 0.1) is 0 Å². The van der Waals surface area contributed by atoms with Crippen molar-refractivity contribution in [3.8, 4) is 0 Å². The first kappa shape index (κ1) is 16.7. The van der Waals surface area contributed by atoms with Gasteiger partial charge in [-0.25, -0.2) is 0 Å². The van der Waals surface area contributed by atoms with Crippen molar-refractivity contribution in [2.75, 3.05) is 0 Å². The van der Waals surface area contributed by atoms with Gasteiger partial charge in [0.25, 0.3) is 0 Å². The zero-order valence-corrected chi connectivity index (χ0v) is 14.3. The van der Waals surface area contributed by atoms with E-state index >= 15 is 0 Å². The Morgan fingerprint density at radius 1 is 0.591 bits per heavy atom. The van der Waals surface area contributed by atoms with E-state index in [4.69, 9.17) is 0 Å². The van der Waals surface area contributed by atoms with Crippen molar-refractivity contribution in [3.05, 3.63) is 108 Å². The van der Waals surface area contributed by atoms with E-state index in [9.17, 15) is 0 Å². The summed E-state index contributed by atoms with van der Waals surface area (Å²) in [6, 6.07) is 32.1. The maximum Gasteiger partial charge on any atom is 0.0384 e. The largest absolute Gasteiger partial charge is 0.147 e. The second kappa shape index (κ2) is 7.58. The summed E-state index contributed by atoms with van der Waals surface area (Å²) in [5, 5.41) is -0.0934. The van der Waals surface area contributed by atoms with Gasteiger partial charge in [0, 0.05) is 5.16 Å². The van der Waals surface area contributed by atoms with Gasteiger partial charge in [-0.3, -0.25) is 0 Å². The van der Waals surface area contributed by atoms with Crippen molar-refractivity contribution >= 4 is 21.6 Å². The first-order valence-corrected chi connectivity index (χ1v) is 7.81. The van der Waals surface area contributed by atoms with Crippen LogP contribution in [0.5, 0.6) is 0 Å². The quantitative estimate of drug-likeness (QED) is 0.558. The molecular formula is C20H20ClP. The molecule has 0 amide bonds. The van der Waals surface area contributed by atoms with Gasteiger partial charge in [-0.2, -0.15) is 0 Å². The third-order valence-electron chi connectivity index (χ3n) is 3.90. The fraction of sp³-hybridized carbons (Fsp3) is 0.100. The van der Waals surface area contributed by atoms with Gasteiger partial charge in [-0.1, -0.05) is 91.0 Å². The van der Waals surface area contributed by atoms with Crippen molar-refractivity contribution in [1.29, 1.82) is 0 Å². The van der Waals surface area contributed by atoms with Crippen LogP contribution in [0.25, 0.3) is 0 Å². The van der Waals surface area contributed by atoms with Crippen LogP contribution in [0.3, 0.4) is 0 Å². The Bertz CT molecular complexity index is 641. The molecule has 0 heterocycles. The lowest BCUT2D eigenvalue weighted by molar-refractivity contribution is 0.735. The second-order valence-electron chi connectivity index (χ2n) is 5.37. The van der Waals surface area contributed by atoms with Crippen molar-refractivity contribution in [2.24, 2.45) is 0 Å². The molecule has 1 unspecified atom stereocenters. The van der Waals surface area contributed by atoms with Crippen molar-refractivity contribution in [1.82, 2.24) is 0 Å². The SMILES string of the molecule is Cl.PC(Cc1ccccc1)(c1ccccc1)c1ccccc1. The fourth-order valence-electron chi connectivity index (χ4n) is 2.76. The molecule has 2 heteroatoms. The third-order valence-corrected chi connectivity index (χ3v) is 4.77.